The van der Waals surface area contributed by atoms with Gasteiger partial charge < -0.3 is 15.4 Å². The SMILES string of the molecule is CCC(C)Oc1ccc(NC(=O)c2ccn(C3CCCNC3)n2)cc1. The summed E-state index contributed by atoms with van der Waals surface area (Å²) in [7, 11) is 0. The Morgan fingerprint density at radius 2 is 2.20 bits per heavy atom. The second kappa shape index (κ2) is 8.16. The van der Waals surface area contributed by atoms with Crippen LogP contribution in [0.25, 0.3) is 0 Å². The molecule has 0 bridgehead atoms. The molecule has 1 saturated heterocycles. The molecule has 2 heterocycles. The van der Waals surface area contributed by atoms with Crippen LogP contribution in [0.5, 0.6) is 5.75 Å². The van der Waals surface area contributed by atoms with E-state index in [1.165, 1.54) is 0 Å². The van der Waals surface area contributed by atoms with Crippen molar-refractivity contribution in [2.75, 3.05) is 18.4 Å². The molecule has 134 valence electrons. The first-order chi connectivity index (χ1) is 12.2. The molecule has 1 aliphatic rings. The number of aromatic nitrogens is 2. The number of amides is 1. The smallest absolute Gasteiger partial charge is 0.276 e. The fourth-order valence-corrected chi connectivity index (χ4v) is 2.85. The molecule has 1 fully saturated rings. The van der Waals surface area contributed by atoms with E-state index in [0.29, 0.717) is 11.7 Å². The van der Waals surface area contributed by atoms with Crippen molar-refractivity contribution in [1.82, 2.24) is 15.1 Å². The van der Waals surface area contributed by atoms with Crippen molar-refractivity contribution in [2.45, 2.75) is 45.3 Å². The van der Waals surface area contributed by atoms with Crippen LogP contribution in [0.3, 0.4) is 0 Å². The molecule has 25 heavy (non-hydrogen) atoms. The first-order valence-electron chi connectivity index (χ1n) is 8.99. The van der Waals surface area contributed by atoms with Gasteiger partial charge in [-0.25, -0.2) is 0 Å². The summed E-state index contributed by atoms with van der Waals surface area (Å²) in [5.74, 6) is 0.611. The molecule has 1 aliphatic heterocycles. The van der Waals surface area contributed by atoms with E-state index in [0.717, 1.165) is 43.8 Å². The number of piperidine rings is 1. The van der Waals surface area contributed by atoms with Gasteiger partial charge >= 0.3 is 0 Å². The van der Waals surface area contributed by atoms with Crippen molar-refractivity contribution in [2.24, 2.45) is 0 Å². The summed E-state index contributed by atoms with van der Waals surface area (Å²) in [4.78, 5) is 12.4. The number of anilines is 1. The Morgan fingerprint density at radius 1 is 1.40 bits per heavy atom. The van der Waals surface area contributed by atoms with Gasteiger partial charge in [0.15, 0.2) is 5.69 Å². The molecule has 6 heteroatoms. The molecule has 2 aromatic rings. The van der Waals surface area contributed by atoms with Gasteiger partial charge in [0.1, 0.15) is 5.75 Å². The zero-order valence-electron chi connectivity index (χ0n) is 14.9. The molecule has 0 aliphatic carbocycles. The highest BCUT2D eigenvalue weighted by Crippen LogP contribution is 2.19. The van der Waals surface area contributed by atoms with Gasteiger partial charge in [-0.3, -0.25) is 9.48 Å². The Morgan fingerprint density at radius 3 is 2.88 bits per heavy atom. The van der Waals surface area contributed by atoms with E-state index in [2.05, 4.69) is 22.7 Å². The number of ether oxygens (including phenoxy) is 1. The van der Waals surface area contributed by atoms with E-state index in [9.17, 15) is 4.79 Å². The fraction of sp³-hybridized carbons (Fsp3) is 0.474. The average Bonchev–Trinajstić information content (AvgIpc) is 3.14. The Kier molecular flexibility index (Phi) is 5.71. The van der Waals surface area contributed by atoms with Crippen LogP contribution in [-0.4, -0.2) is 34.9 Å². The number of carbonyl (C=O) groups is 1. The molecule has 6 nitrogen and oxygen atoms in total. The number of rotatable bonds is 6. The lowest BCUT2D eigenvalue weighted by Gasteiger charge is -2.22. The second-order valence-corrected chi connectivity index (χ2v) is 6.50. The van der Waals surface area contributed by atoms with Crippen LogP contribution in [0.1, 0.15) is 49.6 Å². The molecule has 0 radical (unpaired) electrons. The van der Waals surface area contributed by atoms with E-state index in [1.54, 1.807) is 6.07 Å². The molecule has 3 rings (SSSR count). The molecule has 2 unspecified atom stereocenters. The summed E-state index contributed by atoms with van der Waals surface area (Å²) in [6.45, 7) is 6.08. The number of nitrogens with zero attached hydrogens (tertiary/aromatic N) is 2. The zero-order valence-corrected chi connectivity index (χ0v) is 14.9. The minimum Gasteiger partial charge on any atom is -0.491 e. The molecule has 2 N–H and O–H groups in total. The molecule has 0 saturated carbocycles. The summed E-state index contributed by atoms with van der Waals surface area (Å²) >= 11 is 0. The fourth-order valence-electron chi connectivity index (χ4n) is 2.85. The third-order valence-corrected chi connectivity index (χ3v) is 4.51. The first-order valence-corrected chi connectivity index (χ1v) is 8.99. The number of hydrogen-bond acceptors (Lipinski definition) is 4. The number of hydrogen-bond donors (Lipinski definition) is 2. The third kappa shape index (κ3) is 4.60. The van der Waals surface area contributed by atoms with Crippen LogP contribution < -0.4 is 15.4 Å². The molecular weight excluding hydrogens is 316 g/mol. The largest absolute Gasteiger partial charge is 0.491 e. The van der Waals surface area contributed by atoms with Crippen molar-refractivity contribution < 1.29 is 9.53 Å². The lowest BCUT2D eigenvalue weighted by Crippen LogP contribution is -2.32. The third-order valence-electron chi connectivity index (χ3n) is 4.51. The molecule has 1 amide bonds. The van der Waals surface area contributed by atoms with Crippen molar-refractivity contribution in [1.29, 1.82) is 0 Å². The van der Waals surface area contributed by atoms with Crippen LogP contribution in [0.2, 0.25) is 0 Å². The maximum absolute atomic E-state index is 12.4. The van der Waals surface area contributed by atoms with Crippen molar-refractivity contribution in [3.63, 3.8) is 0 Å². The second-order valence-electron chi connectivity index (χ2n) is 6.50. The number of benzene rings is 1. The predicted molar refractivity (Wildman–Crippen MR) is 98.1 cm³/mol. The van der Waals surface area contributed by atoms with Gasteiger partial charge in [-0.1, -0.05) is 6.92 Å². The van der Waals surface area contributed by atoms with E-state index in [4.69, 9.17) is 4.74 Å². The van der Waals surface area contributed by atoms with Gasteiger partial charge in [0, 0.05) is 18.4 Å². The zero-order chi connectivity index (χ0) is 17.6. The number of carbonyl (C=O) groups excluding carboxylic acids is 1. The van der Waals surface area contributed by atoms with Gasteiger partial charge in [-0.15, -0.1) is 0 Å². The quantitative estimate of drug-likeness (QED) is 0.846. The number of nitrogens with one attached hydrogen (secondary N) is 2. The van der Waals surface area contributed by atoms with E-state index in [-0.39, 0.29) is 12.0 Å². The molecule has 1 aromatic heterocycles. The van der Waals surface area contributed by atoms with Gasteiger partial charge in [0.2, 0.25) is 0 Å². The summed E-state index contributed by atoms with van der Waals surface area (Å²) in [6.07, 6.45) is 5.25. The van der Waals surface area contributed by atoms with Crippen molar-refractivity contribution in [3.05, 3.63) is 42.2 Å². The monoisotopic (exact) mass is 342 g/mol. The van der Waals surface area contributed by atoms with Crippen molar-refractivity contribution in [3.8, 4) is 5.75 Å². The molecule has 1 aromatic carbocycles. The van der Waals surface area contributed by atoms with Crippen LogP contribution in [0.4, 0.5) is 5.69 Å². The lowest BCUT2D eigenvalue weighted by atomic mass is 10.1. The Hall–Kier alpha value is -2.34. The standard InChI is InChI=1S/C19H26N4O2/c1-3-14(2)25-17-8-6-15(7-9-17)21-19(24)18-10-12-23(22-18)16-5-4-11-20-13-16/h6-10,12,14,16,20H,3-5,11,13H2,1-2H3,(H,21,24). The van der Waals surface area contributed by atoms with E-state index >= 15 is 0 Å². The summed E-state index contributed by atoms with van der Waals surface area (Å²) in [6, 6.07) is 9.52. The average molecular weight is 342 g/mol. The molecular formula is C19H26N4O2. The van der Waals surface area contributed by atoms with Gasteiger partial charge in [0.25, 0.3) is 5.91 Å². The highest BCUT2D eigenvalue weighted by atomic mass is 16.5. The maximum Gasteiger partial charge on any atom is 0.276 e. The van der Waals surface area contributed by atoms with Gasteiger partial charge in [0.05, 0.1) is 12.1 Å². The summed E-state index contributed by atoms with van der Waals surface area (Å²) in [5, 5.41) is 10.7. The van der Waals surface area contributed by atoms with Gasteiger partial charge in [-0.05, 0) is 63.1 Å². The first kappa shape index (κ1) is 17.5. The topological polar surface area (TPSA) is 68.2 Å². The normalized spacial score (nSPS) is 18.6. The summed E-state index contributed by atoms with van der Waals surface area (Å²) < 4.78 is 7.64. The van der Waals surface area contributed by atoms with Gasteiger partial charge in [-0.2, -0.15) is 5.10 Å². The minimum absolute atomic E-state index is 0.179. The highest BCUT2D eigenvalue weighted by molar-refractivity contribution is 6.02. The van der Waals surface area contributed by atoms with Crippen LogP contribution in [0, 0.1) is 0 Å². The Labute approximate surface area is 148 Å². The van der Waals surface area contributed by atoms with E-state index in [1.807, 2.05) is 42.1 Å². The Bertz CT molecular complexity index is 690. The molecule has 2 atom stereocenters. The highest BCUT2D eigenvalue weighted by Gasteiger charge is 2.17. The van der Waals surface area contributed by atoms with Crippen LogP contribution >= 0.6 is 0 Å². The van der Waals surface area contributed by atoms with E-state index < -0.39 is 0 Å². The lowest BCUT2D eigenvalue weighted by molar-refractivity contribution is 0.102. The predicted octanol–water partition coefficient (Wildman–Crippen LogP) is 3.24. The maximum atomic E-state index is 12.4. The van der Waals surface area contributed by atoms with Crippen LogP contribution in [-0.2, 0) is 0 Å². The minimum atomic E-state index is -0.196. The summed E-state index contributed by atoms with van der Waals surface area (Å²) in [5.41, 5.74) is 1.17. The Balaban J connectivity index is 1.59. The van der Waals surface area contributed by atoms with Crippen molar-refractivity contribution >= 4 is 11.6 Å². The van der Waals surface area contributed by atoms with Crippen LogP contribution in [0.15, 0.2) is 36.5 Å². The molecule has 0 spiro atoms.